The molecule has 2 atom stereocenters. The van der Waals surface area contributed by atoms with Crippen molar-refractivity contribution < 1.29 is 13.9 Å². The normalized spacial score (nSPS) is 20.4. The molecule has 1 unspecified atom stereocenters. The van der Waals surface area contributed by atoms with Gasteiger partial charge >= 0.3 is 0 Å². The van der Waals surface area contributed by atoms with Crippen LogP contribution in [0, 0.1) is 5.41 Å². The quantitative estimate of drug-likeness (QED) is 0.472. The highest BCUT2D eigenvalue weighted by Crippen LogP contribution is 2.32. The van der Waals surface area contributed by atoms with Gasteiger partial charge in [0.25, 0.3) is 5.91 Å². The highest BCUT2D eigenvalue weighted by atomic mass is 19.1. The number of allylic oxidation sites excluding steroid dienone is 2. The second-order valence-corrected chi connectivity index (χ2v) is 7.86. The van der Waals surface area contributed by atoms with Gasteiger partial charge in [-0.15, -0.1) is 0 Å². The Labute approximate surface area is 188 Å². The van der Waals surface area contributed by atoms with Crippen LogP contribution < -0.4 is 21.0 Å². The number of dihydropyridines is 1. The molecule has 33 heavy (non-hydrogen) atoms. The maximum atomic E-state index is 14.0. The summed E-state index contributed by atoms with van der Waals surface area (Å²) in [6, 6.07) is 4.94. The molecule has 3 aromatic rings. The second kappa shape index (κ2) is 8.51. The van der Waals surface area contributed by atoms with Gasteiger partial charge in [0.2, 0.25) is 0 Å². The monoisotopic (exact) mass is 450 g/mol. The van der Waals surface area contributed by atoms with E-state index in [0.29, 0.717) is 22.7 Å². The summed E-state index contributed by atoms with van der Waals surface area (Å²) in [6.07, 6.45) is 8.94. The molecule has 1 saturated heterocycles. The van der Waals surface area contributed by atoms with Gasteiger partial charge in [0, 0.05) is 37.8 Å². The van der Waals surface area contributed by atoms with Crippen LogP contribution in [0.1, 0.15) is 23.2 Å². The zero-order chi connectivity index (χ0) is 22.9. The standard InChI is InChI=1S/C22H23FN8O2/c1-33-22-15(9-13(23)10-26-22)17-3-2-7-30(17)19-6-8-31-20(29-19)16(12-27-31)21(32)28-14-4-5-18(24)25-11-14/h4-6,8-12,17,22,26H,2-3,7H2,1H3,(H2,24,25)(H,28,32)/t17-,22?/m1/s1. The van der Waals surface area contributed by atoms with Crippen molar-refractivity contribution in [3.63, 3.8) is 0 Å². The van der Waals surface area contributed by atoms with E-state index in [4.69, 9.17) is 15.1 Å². The van der Waals surface area contributed by atoms with E-state index in [1.807, 2.05) is 6.07 Å². The zero-order valence-electron chi connectivity index (χ0n) is 17.9. The number of hydrogen-bond donors (Lipinski definition) is 4. The molecule has 10 nitrogen and oxygen atoms in total. The van der Waals surface area contributed by atoms with Crippen molar-refractivity contribution in [2.45, 2.75) is 25.1 Å². The first kappa shape index (κ1) is 20.9. The number of methoxy groups -OCH3 is 1. The third kappa shape index (κ3) is 3.98. The van der Waals surface area contributed by atoms with Crippen LogP contribution in [-0.2, 0) is 4.74 Å². The number of aromatic amines is 1. The molecule has 5 heterocycles. The second-order valence-electron chi connectivity index (χ2n) is 7.86. The Morgan fingerprint density at radius 2 is 2.24 bits per heavy atom. The lowest BCUT2D eigenvalue weighted by atomic mass is 10.0. The molecule has 2 aliphatic heterocycles. The number of amides is 1. The fourth-order valence-electron chi connectivity index (χ4n) is 4.27. The lowest BCUT2D eigenvalue weighted by Crippen LogP contribution is -2.42. The van der Waals surface area contributed by atoms with E-state index in [1.165, 1.54) is 18.5 Å². The Morgan fingerprint density at radius 1 is 1.36 bits per heavy atom. The molecule has 1 amide bonds. The van der Waals surface area contributed by atoms with Gasteiger partial charge in [-0.25, -0.2) is 13.9 Å². The van der Waals surface area contributed by atoms with Crippen molar-refractivity contribution >= 4 is 23.1 Å². The molecule has 11 heteroatoms. The average Bonchev–Trinajstić information content (AvgIpc) is 3.47. The van der Waals surface area contributed by atoms with E-state index < -0.39 is 6.23 Å². The third-order valence-electron chi connectivity index (χ3n) is 5.82. The fourth-order valence-corrected chi connectivity index (χ4v) is 4.27. The number of ether oxygens (including phenoxy) is 1. The molecular weight excluding hydrogens is 427 g/mol. The van der Waals surface area contributed by atoms with Gasteiger partial charge in [-0.1, -0.05) is 0 Å². The topological polar surface area (TPSA) is 123 Å². The summed E-state index contributed by atoms with van der Waals surface area (Å²) >= 11 is 0. The molecular formula is C22H23FN8O2. The summed E-state index contributed by atoms with van der Waals surface area (Å²) in [4.78, 5) is 22.5. The highest BCUT2D eigenvalue weighted by Gasteiger charge is 2.34. The van der Waals surface area contributed by atoms with Crippen molar-refractivity contribution in [1.29, 1.82) is 5.41 Å². The van der Waals surface area contributed by atoms with E-state index in [2.05, 4.69) is 25.6 Å². The van der Waals surface area contributed by atoms with Gasteiger partial charge in [0.15, 0.2) is 11.9 Å². The number of rotatable bonds is 5. The first-order chi connectivity index (χ1) is 16.0. The van der Waals surface area contributed by atoms with Gasteiger partial charge in [-0.05, 0) is 37.1 Å². The van der Waals surface area contributed by atoms with Crippen LogP contribution in [0.4, 0.5) is 15.9 Å². The number of halogens is 1. The molecule has 3 aromatic heterocycles. The average molecular weight is 450 g/mol. The SMILES string of the molecule is COC1NC=C(F)C=C1[C@H]1CCCN1c1ccn2ncc(C(=O)Nc3ccc(=N)[nH]c3)c2n1. The zero-order valence-corrected chi connectivity index (χ0v) is 17.9. The number of nitrogens with zero attached hydrogens (tertiary/aromatic N) is 4. The number of nitrogens with one attached hydrogen (secondary N) is 4. The lowest BCUT2D eigenvalue weighted by molar-refractivity contribution is 0.102. The van der Waals surface area contributed by atoms with Gasteiger partial charge < -0.3 is 25.3 Å². The third-order valence-corrected chi connectivity index (χ3v) is 5.82. The number of hydrogen-bond acceptors (Lipinski definition) is 7. The summed E-state index contributed by atoms with van der Waals surface area (Å²) in [5, 5.41) is 17.5. The molecule has 5 rings (SSSR count). The van der Waals surface area contributed by atoms with Crippen LogP contribution in [0.2, 0.25) is 0 Å². The van der Waals surface area contributed by atoms with Crippen molar-refractivity contribution in [1.82, 2.24) is 24.9 Å². The van der Waals surface area contributed by atoms with Crippen molar-refractivity contribution in [2.75, 3.05) is 23.9 Å². The summed E-state index contributed by atoms with van der Waals surface area (Å²) < 4.78 is 21.0. The molecule has 0 saturated carbocycles. The van der Waals surface area contributed by atoms with Crippen LogP contribution in [0.25, 0.3) is 5.65 Å². The number of carbonyl (C=O) groups is 1. The minimum atomic E-state index is -0.415. The van der Waals surface area contributed by atoms with Crippen molar-refractivity contribution in [3.05, 3.63) is 71.5 Å². The first-order valence-corrected chi connectivity index (χ1v) is 10.6. The molecule has 1 fully saturated rings. The molecule has 170 valence electrons. The maximum Gasteiger partial charge on any atom is 0.261 e. The maximum absolute atomic E-state index is 14.0. The number of pyridine rings is 1. The fraction of sp³-hybridized carbons (Fsp3) is 0.273. The van der Waals surface area contributed by atoms with Crippen LogP contribution in [0.15, 0.2) is 60.5 Å². The molecule has 0 bridgehead atoms. The Balaban J connectivity index is 1.45. The molecule has 2 aliphatic rings. The summed E-state index contributed by atoms with van der Waals surface area (Å²) in [6.45, 7) is 0.748. The number of carbonyl (C=O) groups excluding carboxylic acids is 1. The van der Waals surface area contributed by atoms with Gasteiger partial charge in [0.1, 0.15) is 22.7 Å². The van der Waals surface area contributed by atoms with Crippen LogP contribution >= 0.6 is 0 Å². The predicted molar refractivity (Wildman–Crippen MR) is 119 cm³/mol. The Morgan fingerprint density at radius 3 is 3.03 bits per heavy atom. The number of anilines is 2. The van der Waals surface area contributed by atoms with E-state index >= 15 is 0 Å². The largest absolute Gasteiger partial charge is 0.360 e. The molecule has 4 N–H and O–H groups in total. The first-order valence-electron chi connectivity index (χ1n) is 10.6. The van der Waals surface area contributed by atoms with Gasteiger partial charge in [-0.2, -0.15) is 5.10 Å². The molecule has 0 radical (unpaired) electrons. The molecule has 0 aliphatic carbocycles. The van der Waals surface area contributed by atoms with E-state index in [1.54, 1.807) is 36.2 Å². The van der Waals surface area contributed by atoms with Crippen LogP contribution in [0.3, 0.4) is 0 Å². The van der Waals surface area contributed by atoms with E-state index in [-0.39, 0.29) is 23.3 Å². The molecule has 0 aromatic carbocycles. The Bertz CT molecular complexity index is 1310. The Hall–Kier alpha value is -3.99. The lowest BCUT2D eigenvalue weighted by Gasteiger charge is -2.33. The van der Waals surface area contributed by atoms with Crippen LogP contribution in [0.5, 0.6) is 0 Å². The van der Waals surface area contributed by atoms with Crippen molar-refractivity contribution in [3.8, 4) is 0 Å². The Kier molecular flexibility index (Phi) is 5.38. The van der Waals surface area contributed by atoms with Gasteiger partial charge in [-0.3, -0.25) is 10.2 Å². The minimum absolute atomic E-state index is 0.0871. The minimum Gasteiger partial charge on any atom is -0.360 e. The van der Waals surface area contributed by atoms with E-state index in [9.17, 15) is 9.18 Å². The molecule has 0 spiro atoms. The number of H-pyrrole nitrogens is 1. The predicted octanol–water partition coefficient (Wildman–Crippen LogP) is 2.07. The highest BCUT2D eigenvalue weighted by molar-refractivity contribution is 6.08. The number of aromatic nitrogens is 4. The summed E-state index contributed by atoms with van der Waals surface area (Å²) in [5.41, 5.74) is 2.32. The van der Waals surface area contributed by atoms with Crippen molar-refractivity contribution in [2.24, 2.45) is 0 Å². The summed E-state index contributed by atoms with van der Waals surface area (Å²) in [7, 11) is 1.58. The van der Waals surface area contributed by atoms with Crippen LogP contribution in [-0.4, -0.2) is 51.4 Å². The smallest absolute Gasteiger partial charge is 0.261 e. The van der Waals surface area contributed by atoms with Gasteiger partial charge in [0.05, 0.1) is 17.9 Å². The summed E-state index contributed by atoms with van der Waals surface area (Å²) in [5.74, 6) is -0.0271. The van der Waals surface area contributed by atoms with E-state index in [0.717, 1.165) is 25.0 Å². The number of fused-ring (bicyclic) bond motifs is 1.